The maximum Gasteiger partial charge on any atom is 0.274 e. The first kappa shape index (κ1) is 10.3. The van der Waals surface area contributed by atoms with Crippen molar-refractivity contribution in [2.24, 2.45) is 0 Å². The first-order valence-electron chi connectivity index (χ1n) is 3.96. The van der Waals surface area contributed by atoms with E-state index in [0.717, 1.165) is 9.37 Å². The van der Waals surface area contributed by atoms with Crippen LogP contribution in [0.3, 0.4) is 0 Å². The Hall–Kier alpha value is -0.200. The molecule has 0 aliphatic carbocycles. The second-order valence-electron chi connectivity index (χ2n) is 3.08. The molecule has 0 spiro atoms. The summed E-state index contributed by atoms with van der Waals surface area (Å²) in [6, 6.07) is 1.86. The van der Waals surface area contributed by atoms with E-state index in [9.17, 15) is 8.78 Å². The van der Waals surface area contributed by atoms with Gasteiger partial charge in [-0.3, -0.25) is 4.98 Å². The molecular formula is C8H7BrF2N2S. The first-order chi connectivity index (χ1) is 6.55. The zero-order chi connectivity index (χ0) is 10.2. The number of hydrogen-bond acceptors (Lipinski definition) is 3. The highest BCUT2D eigenvalue weighted by atomic mass is 79.9. The van der Waals surface area contributed by atoms with E-state index in [0.29, 0.717) is 0 Å². The lowest BCUT2D eigenvalue weighted by atomic mass is 10.2. The van der Waals surface area contributed by atoms with Gasteiger partial charge in [0.15, 0.2) is 0 Å². The fraction of sp³-hybridized carbons (Fsp3) is 0.375. The lowest BCUT2D eigenvalue weighted by Gasteiger charge is -2.37. The summed E-state index contributed by atoms with van der Waals surface area (Å²) in [5, 5.41) is 0. The second kappa shape index (κ2) is 3.75. The molecule has 1 aliphatic heterocycles. The van der Waals surface area contributed by atoms with Crippen molar-refractivity contribution in [1.29, 1.82) is 0 Å². The van der Waals surface area contributed by atoms with Gasteiger partial charge >= 0.3 is 0 Å². The van der Waals surface area contributed by atoms with Gasteiger partial charge in [0.05, 0.1) is 13.1 Å². The van der Waals surface area contributed by atoms with Crippen LogP contribution in [0.15, 0.2) is 27.8 Å². The Balaban J connectivity index is 1.93. The lowest BCUT2D eigenvalue weighted by molar-refractivity contribution is -0.0905. The van der Waals surface area contributed by atoms with Crippen molar-refractivity contribution in [3.05, 3.63) is 22.9 Å². The fourth-order valence-electron chi connectivity index (χ4n) is 1.13. The van der Waals surface area contributed by atoms with Crippen LogP contribution in [0.4, 0.5) is 8.78 Å². The highest BCUT2D eigenvalue weighted by molar-refractivity contribution is 9.10. The summed E-state index contributed by atoms with van der Waals surface area (Å²) < 4.78 is 27.5. The molecule has 14 heavy (non-hydrogen) atoms. The van der Waals surface area contributed by atoms with Crippen molar-refractivity contribution in [2.75, 3.05) is 13.1 Å². The molecule has 2 rings (SSSR count). The van der Waals surface area contributed by atoms with Crippen molar-refractivity contribution in [3.63, 3.8) is 0 Å². The molecule has 0 atom stereocenters. The Bertz CT molecular complexity index is 340. The molecule has 6 heteroatoms. The van der Waals surface area contributed by atoms with Crippen molar-refractivity contribution in [3.8, 4) is 0 Å². The van der Waals surface area contributed by atoms with Gasteiger partial charge in [-0.2, -0.15) is 0 Å². The predicted molar refractivity (Wildman–Crippen MR) is 54.3 cm³/mol. The monoisotopic (exact) mass is 280 g/mol. The minimum atomic E-state index is -2.51. The maximum absolute atomic E-state index is 12.5. The zero-order valence-electron chi connectivity index (χ0n) is 7.08. The summed E-state index contributed by atoms with van der Waals surface area (Å²) in [5.74, 6) is -2.51. The maximum atomic E-state index is 12.5. The first-order valence-corrected chi connectivity index (χ1v) is 5.53. The van der Waals surface area contributed by atoms with E-state index in [2.05, 4.69) is 20.9 Å². The van der Waals surface area contributed by atoms with Crippen molar-refractivity contribution in [2.45, 2.75) is 10.8 Å². The van der Waals surface area contributed by atoms with E-state index < -0.39 is 5.92 Å². The van der Waals surface area contributed by atoms with Gasteiger partial charge in [-0.15, -0.1) is 0 Å². The highest BCUT2D eigenvalue weighted by Gasteiger charge is 2.44. The zero-order valence-corrected chi connectivity index (χ0v) is 9.49. The molecule has 1 fully saturated rings. The Morgan fingerprint density at radius 1 is 1.43 bits per heavy atom. The van der Waals surface area contributed by atoms with Gasteiger partial charge in [-0.05, 0) is 33.9 Å². The van der Waals surface area contributed by atoms with Crippen molar-refractivity contribution in [1.82, 2.24) is 9.29 Å². The van der Waals surface area contributed by atoms with Crippen LogP contribution in [0.2, 0.25) is 0 Å². The molecular weight excluding hydrogens is 274 g/mol. The van der Waals surface area contributed by atoms with Gasteiger partial charge in [0.1, 0.15) is 0 Å². The van der Waals surface area contributed by atoms with Crippen LogP contribution in [0.25, 0.3) is 0 Å². The molecule has 1 aromatic rings. The predicted octanol–water partition coefficient (Wildman–Crippen LogP) is 2.80. The van der Waals surface area contributed by atoms with Crippen LogP contribution >= 0.6 is 27.9 Å². The largest absolute Gasteiger partial charge is 0.274 e. The van der Waals surface area contributed by atoms with E-state index in [1.54, 1.807) is 16.7 Å². The molecule has 0 aromatic carbocycles. The molecule has 1 aromatic heterocycles. The van der Waals surface area contributed by atoms with E-state index in [1.165, 1.54) is 11.9 Å². The smallest absolute Gasteiger partial charge is 0.262 e. The molecule has 1 aliphatic rings. The summed E-state index contributed by atoms with van der Waals surface area (Å²) in [7, 11) is 0. The molecule has 0 saturated carbocycles. The fourth-order valence-corrected chi connectivity index (χ4v) is 2.73. The summed E-state index contributed by atoms with van der Waals surface area (Å²) in [6.45, 7) is -0.353. The van der Waals surface area contributed by atoms with E-state index in [1.807, 2.05) is 6.07 Å². The average molecular weight is 281 g/mol. The number of hydrogen-bond donors (Lipinski definition) is 0. The van der Waals surface area contributed by atoms with Gasteiger partial charge in [0, 0.05) is 21.8 Å². The van der Waals surface area contributed by atoms with Gasteiger partial charge in [-0.1, -0.05) is 0 Å². The van der Waals surface area contributed by atoms with E-state index in [4.69, 9.17) is 0 Å². The Morgan fingerprint density at radius 3 is 2.71 bits per heavy atom. The molecule has 0 unspecified atom stereocenters. The Kier molecular flexibility index (Phi) is 2.77. The third-order valence-electron chi connectivity index (χ3n) is 1.73. The van der Waals surface area contributed by atoms with Crippen LogP contribution in [0.5, 0.6) is 0 Å². The number of alkyl halides is 2. The van der Waals surface area contributed by atoms with Crippen LogP contribution in [-0.4, -0.2) is 28.3 Å². The van der Waals surface area contributed by atoms with Crippen LogP contribution in [0.1, 0.15) is 0 Å². The third kappa shape index (κ3) is 2.43. The SMILES string of the molecule is FC1(F)CN(Sc2cncc(Br)c2)C1. The Labute approximate surface area is 93.0 Å². The molecule has 2 heterocycles. The summed E-state index contributed by atoms with van der Waals surface area (Å²) in [6.07, 6.45) is 3.32. The van der Waals surface area contributed by atoms with Gasteiger partial charge in [-0.25, -0.2) is 13.1 Å². The summed E-state index contributed by atoms with van der Waals surface area (Å²) in [4.78, 5) is 4.82. The average Bonchev–Trinajstić information content (AvgIpc) is 2.00. The normalized spacial score (nSPS) is 20.5. The quantitative estimate of drug-likeness (QED) is 0.775. The summed E-state index contributed by atoms with van der Waals surface area (Å²) >= 11 is 4.58. The molecule has 0 bridgehead atoms. The minimum absolute atomic E-state index is 0.176. The molecule has 1 saturated heterocycles. The molecule has 2 nitrogen and oxygen atoms in total. The summed E-state index contributed by atoms with van der Waals surface area (Å²) in [5.41, 5.74) is 0. The molecule has 0 amide bonds. The lowest BCUT2D eigenvalue weighted by Crippen LogP contribution is -2.52. The van der Waals surface area contributed by atoms with Gasteiger partial charge in [0.2, 0.25) is 0 Å². The number of rotatable bonds is 2. The molecule has 76 valence electrons. The third-order valence-corrected chi connectivity index (χ3v) is 3.11. The number of nitrogens with zero attached hydrogens (tertiary/aromatic N) is 2. The number of halogens is 3. The molecule has 0 radical (unpaired) electrons. The van der Waals surface area contributed by atoms with Gasteiger partial charge in [0.25, 0.3) is 5.92 Å². The highest BCUT2D eigenvalue weighted by Crippen LogP contribution is 2.35. The van der Waals surface area contributed by atoms with Gasteiger partial charge < -0.3 is 0 Å². The topological polar surface area (TPSA) is 16.1 Å². The van der Waals surface area contributed by atoms with Crippen LogP contribution < -0.4 is 0 Å². The van der Waals surface area contributed by atoms with E-state index in [-0.39, 0.29) is 13.1 Å². The van der Waals surface area contributed by atoms with E-state index >= 15 is 0 Å². The van der Waals surface area contributed by atoms with Crippen molar-refractivity contribution < 1.29 is 8.78 Å². The minimum Gasteiger partial charge on any atom is -0.262 e. The number of aromatic nitrogens is 1. The molecule has 0 N–H and O–H groups in total. The van der Waals surface area contributed by atoms with Crippen LogP contribution in [-0.2, 0) is 0 Å². The van der Waals surface area contributed by atoms with Crippen LogP contribution in [0, 0.1) is 0 Å². The number of pyridine rings is 1. The standard InChI is InChI=1S/C8H7BrF2N2S/c9-6-1-7(3-12-2-6)14-13-4-8(10,11)5-13/h1-3H,4-5H2. The van der Waals surface area contributed by atoms with Crippen molar-refractivity contribution >= 4 is 27.9 Å². The Morgan fingerprint density at radius 2 is 2.14 bits per heavy atom. The second-order valence-corrected chi connectivity index (χ2v) is 5.17.